The number of rotatable bonds is 5. The Hall–Kier alpha value is -2.19. The van der Waals surface area contributed by atoms with Crippen molar-refractivity contribution in [2.24, 2.45) is 14.1 Å². The summed E-state index contributed by atoms with van der Waals surface area (Å²) in [5, 5.41) is 11.5. The van der Waals surface area contributed by atoms with Gasteiger partial charge in [0.1, 0.15) is 0 Å². The minimum atomic E-state index is -0.118. The first kappa shape index (κ1) is 17.6. The Kier molecular flexibility index (Phi) is 5.19. The summed E-state index contributed by atoms with van der Waals surface area (Å²) in [6.45, 7) is 6.89. The first-order valence-electron chi connectivity index (χ1n) is 8.62. The highest BCUT2D eigenvalue weighted by Gasteiger charge is 2.34. The van der Waals surface area contributed by atoms with Gasteiger partial charge in [-0.1, -0.05) is 6.92 Å². The van der Waals surface area contributed by atoms with Crippen LogP contribution in [0.4, 0.5) is 0 Å². The van der Waals surface area contributed by atoms with Crippen LogP contribution in [0.2, 0.25) is 0 Å². The normalized spacial score (nSPS) is 21.4. The molecule has 0 saturated carbocycles. The number of carbonyl (C=O) groups is 1. The molecule has 8 heteroatoms. The molecule has 2 aromatic rings. The number of aromatic nitrogens is 4. The first-order chi connectivity index (χ1) is 12.0. The maximum absolute atomic E-state index is 12.5. The Bertz CT molecular complexity index is 737. The van der Waals surface area contributed by atoms with Crippen LogP contribution in [0.1, 0.15) is 34.6 Å². The van der Waals surface area contributed by atoms with E-state index >= 15 is 0 Å². The van der Waals surface area contributed by atoms with Crippen molar-refractivity contribution in [2.45, 2.75) is 26.0 Å². The van der Waals surface area contributed by atoms with Crippen molar-refractivity contribution in [2.75, 3.05) is 26.2 Å². The topological polar surface area (TPSA) is 77.2 Å². The largest absolute Gasteiger partial charge is 0.373 e. The van der Waals surface area contributed by atoms with Gasteiger partial charge in [0.25, 0.3) is 5.91 Å². The quantitative estimate of drug-likeness (QED) is 0.860. The van der Waals surface area contributed by atoms with Gasteiger partial charge >= 0.3 is 0 Å². The summed E-state index contributed by atoms with van der Waals surface area (Å²) in [6.07, 6.45) is 5.52. The molecular formula is C17H26N6O2. The molecule has 1 amide bonds. The average Bonchev–Trinajstić information content (AvgIpc) is 3.17. The molecule has 0 bridgehead atoms. The molecule has 1 N–H and O–H groups in total. The van der Waals surface area contributed by atoms with Gasteiger partial charge in [0.2, 0.25) is 0 Å². The maximum Gasteiger partial charge on any atom is 0.254 e. The Morgan fingerprint density at radius 1 is 1.36 bits per heavy atom. The van der Waals surface area contributed by atoms with Crippen LogP contribution in [0.15, 0.2) is 18.6 Å². The van der Waals surface area contributed by atoms with Crippen LogP contribution >= 0.6 is 0 Å². The molecule has 0 unspecified atom stereocenters. The van der Waals surface area contributed by atoms with Gasteiger partial charge in [0, 0.05) is 45.1 Å². The number of hydrogen-bond acceptors (Lipinski definition) is 5. The summed E-state index contributed by atoms with van der Waals surface area (Å²) in [5.41, 5.74) is 2.44. The molecule has 0 spiro atoms. The van der Waals surface area contributed by atoms with Gasteiger partial charge in [-0.3, -0.25) is 19.1 Å². The van der Waals surface area contributed by atoms with Crippen molar-refractivity contribution in [1.82, 2.24) is 29.8 Å². The van der Waals surface area contributed by atoms with E-state index in [9.17, 15) is 4.79 Å². The summed E-state index contributed by atoms with van der Waals surface area (Å²) in [5.74, 6) is -0.118. The zero-order valence-corrected chi connectivity index (χ0v) is 15.3. The van der Waals surface area contributed by atoms with E-state index in [2.05, 4.69) is 27.3 Å². The third-order valence-electron chi connectivity index (χ3n) is 4.65. The molecule has 25 heavy (non-hydrogen) atoms. The zero-order chi connectivity index (χ0) is 18.0. The minimum Gasteiger partial charge on any atom is -0.373 e. The highest BCUT2D eigenvalue weighted by atomic mass is 16.5. The van der Waals surface area contributed by atoms with E-state index in [0.717, 1.165) is 24.3 Å². The fraction of sp³-hybridized carbons (Fsp3) is 0.588. The number of amides is 1. The van der Waals surface area contributed by atoms with E-state index in [1.807, 2.05) is 33.4 Å². The number of hydrogen-bond donors (Lipinski definition) is 1. The van der Waals surface area contributed by atoms with Gasteiger partial charge in [0.05, 0.1) is 36.2 Å². The molecule has 1 aliphatic rings. The maximum atomic E-state index is 12.5. The zero-order valence-electron chi connectivity index (χ0n) is 15.3. The SMILES string of the molecule is CCN1CCO[C@@H](CNC(=O)c2cn(C)nc2C)[C@@H]1c1cnn(C)c1. The van der Waals surface area contributed by atoms with Gasteiger partial charge in [-0.25, -0.2) is 0 Å². The lowest BCUT2D eigenvalue weighted by Crippen LogP contribution is -2.49. The van der Waals surface area contributed by atoms with Crippen LogP contribution in [-0.4, -0.2) is 62.7 Å². The van der Waals surface area contributed by atoms with Crippen LogP contribution in [0, 0.1) is 6.92 Å². The lowest BCUT2D eigenvalue weighted by Gasteiger charge is -2.40. The number of carbonyl (C=O) groups excluding carboxylic acids is 1. The summed E-state index contributed by atoms with van der Waals surface area (Å²) in [4.78, 5) is 14.8. The number of nitrogens with zero attached hydrogens (tertiary/aromatic N) is 5. The number of nitrogens with one attached hydrogen (secondary N) is 1. The fourth-order valence-corrected chi connectivity index (χ4v) is 3.44. The number of ether oxygens (including phenoxy) is 1. The van der Waals surface area contributed by atoms with Crippen molar-refractivity contribution in [3.8, 4) is 0 Å². The predicted octanol–water partition coefficient (Wildman–Crippen LogP) is 0.654. The summed E-state index contributed by atoms with van der Waals surface area (Å²) >= 11 is 0. The third-order valence-corrected chi connectivity index (χ3v) is 4.65. The Morgan fingerprint density at radius 3 is 2.76 bits per heavy atom. The summed E-state index contributed by atoms with van der Waals surface area (Å²) in [7, 11) is 3.72. The molecule has 0 radical (unpaired) electrons. The van der Waals surface area contributed by atoms with Gasteiger partial charge in [-0.15, -0.1) is 0 Å². The molecule has 2 aromatic heterocycles. The van der Waals surface area contributed by atoms with Crippen molar-refractivity contribution in [3.05, 3.63) is 35.4 Å². The molecule has 136 valence electrons. The molecule has 3 rings (SSSR count). The monoisotopic (exact) mass is 346 g/mol. The lowest BCUT2D eigenvalue weighted by molar-refractivity contribution is -0.0685. The summed E-state index contributed by atoms with van der Waals surface area (Å²) in [6, 6.07) is 0.0859. The lowest BCUT2D eigenvalue weighted by atomic mass is 10.0. The van der Waals surface area contributed by atoms with Gasteiger partial charge < -0.3 is 10.1 Å². The predicted molar refractivity (Wildman–Crippen MR) is 93.2 cm³/mol. The molecule has 8 nitrogen and oxygen atoms in total. The molecule has 0 aromatic carbocycles. The molecule has 1 saturated heterocycles. The highest BCUT2D eigenvalue weighted by molar-refractivity contribution is 5.95. The number of morpholine rings is 1. The van der Waals surface area contributed by atoms with E-state index in [-0.39, 0.29) is 18.1 Å². The molecule has 1 aliphatic heterocycles. The molecule has 1 fully saturated rings. The van der Waals surface area contributed by atoms with Gasteiger partial charge in [0.15, 0.2) is 0 Å². The molecular weight excluding hydrogens is 320 g/mol. The first-order valence-corrected chi connectivity index (χ1v) is 8.62. The Balaban J connectivity index is 1.72. The smallest absolute Gasteiger partial charge is 0.254 e. The minimum absolute atomic E-state index is 0.0859. The van der Waals surface area contributed by atoms with E-state index in [0.29, 0.717) is 18.7 Å². The third kappa shape index (κ3) is 3.74. The fourth-order valence-electron chi connectivity index (χ4n) is 3.44. The van der Waals surface area contributed by atoms with Crippen LogP contribution in [0.25, 0.3) is 0 Å². The van der Waals surface area contributed by atoms with Crippen LogP contribution < -0.4 is 5.32 Å². The second kappa shape index (κ2) is 7.37. The molecule has 0 aliphatic carbocycles. The van der Waals surface area contributed by atoms with Crippen LogP contribution in [0.5, 0.6) is 0 Å². The van der Waals surface area contributed by atoms with E-state index in [1.165, 1.54) is 0 Å². The van der Waals surface area contributed by atoms with Crippen molar-refractivity contribution in [1.29, 1.82) is 0 Å². The standard InChI is InChI=1S/C17H26N6O2/c1-5-23-6-7-25-15(16(23)13-8-19-21(3)10-13)9-18-17(24)14-11-22(4)20-12(14)2/h8,10-11,15-16H,5-7,9H2,1-4H3,(H,18,24)/t15-,16-/m0/s1. The highest BCUT2D eigenvalue weighted by Crippen LogP contribution is 2.28. The molecule has 3 heterocycles. The molecule has 2 atom stereocenters. The van der Waals surface area contributed by atoms with Crippen LogP contribution in [0.3, 0.4) is 0 Å². The van der Waals surface area contributed by atoms with E-state index in [4.69, 9.17) is 4.74 Å². The van der Waals surface area contributed by atoms with E-state index < -0.39 is 0 Å². The van der Waals surface area contributed by atoms with Crippen molar-refractivity contribution >= 4 is 5.91 Å². The Morgan fingerprint density at radius 2 is 2.16 bits per heavy atom. The van der Waals surface area contributed by atoms with Gasteiger partial charge in [-0.2, -0.15) is 10.2 Å². The average molecular weight is 346 g/mol. The van der Waals surface area contributed by atoms with Crippen LogP contribution in [-0.2, 0) is 18.8 Å². The summed E-state index contributed by atoms with van der Waals surface area (Å²) < 4.78 is 9.44. The number of aryl methyl sites for hydroxylation is 3. The second-order valence-corrected chi connectivity index (χ2v) is 6.44. The van der Waals surface area contributed by atoms with E-state index in [1.54, 1.807) is 15.6 Å². The van der Waals surface area contributed by atoms with Crippen molar-refractivity contribution in [3.63, 3.8) is 0 Å². The number of likely N-dealkylation sites (N-methyl/N-ethyl adjacent to an activating group) is 1. The second-order valence-electron chi connectivity index (χ2n) is 6.44. The van der Waals surface area contributed by atoms with Crippen molar-refractivity contribution < 1.29 is 9.53 Å². The van der Waals surface area contributed by atoms with Gasteiger partial charge in [-0.05, 0) is 13.5 Å². The Labute approximate surface area is 147 Å².